The molecule has 1 heterocycles. The Balaban J connectivity index is 1.72. The van der Waals surface area contributed by atoms with Gasteiger partial charge < -0.3 is 15.0 Å². The molecule has 0 bridgehead atoms. The Morgan fingerprint density at radius 1 is 1.04 bits per heavy atom. The van der Waals surface area contributed by atoms with E-state index in [1.807, 2.05) is 68.3 Å². The van der Waals surface area contributed by atoms with Gasteiger partial charge in [0.2, 0.25) is 5.95 Å². The molecule has 1 aromatic heterocycles. The Labute approximate surface area is 158 Å². The lowest BCUT2D eigenvalue weighted by Crippen LogP contribution is -2.18. The molecule has 0 fully saturated rings. The van der Waals surface area contributed by atoms with E-state index in [0.717, 1.165) is 11.4 Å². The predicted molar refractivity (Wildman–Crippen MR) is 107 cm³/mol. The summed E-state index contributed by atoms with van der Waals surface area (Å²) in [6.07, 6.45) is 1.68. The standard InChI is InChI=1S/C21H22N4O2/c1-15(2)27-18-11-9-16(10-12-18)23-20(26)19-13-14-22-21(24-19)25(3)17-7-5-4-6-8-17/h4-15H,1-3H3,(H,23,26). The van der Waals surface area contributed by atoms with E-state index in [4.69, 9.17) is 4.74 Å². The smallest absolute Gasteiger partial charge is 0.274 e. The minimum absolute atomic E-state index is 0.103. The Hall–Kier alpha value is -3.41. The second-order valence-electron chi connectivity index (χ2n) is 6.28. The van der Waals surface area contributed by atoms with Gasteiger partial charge in [-0.2, -0.15) is 0 Å². The van der Waals surface area contributed by atoms with Crippen LogP contribution in [-0.4, -0.2) is 29.0 Å². The molecule has 0 aliphatic heterocycles. The fourth-order valence-corrected chi connectivity index (χ4v) is 2.49. The van der Waals surface area contributed by atoms with Gasteiger partial charge in [-0.05, 0) is 56.3 Å². The van der Waals surface area contributed by atoms with E-state index in [1.54, 1.807) is 24.4 Å². The highest BCUT2D eigenvalue weighted by atomic mass is 16.5. The van der Waals surface area contributed by atoms with Crippen LogP contribution in [-0.2, 0) is 0 Å². The molecule has 0 aliphatic rings. The van der Waals surface area contributed by atoms with Crippen molar-refractivity contribution in [2.24, 2.45) is 0 Å². The number of hydrogen-bond donors (Lipinski definition) is 1. The molecule has 0 unspecified atom stereocenters. The van der Waals surface area contributed by atoms with Crippen molar-refractivity contribution in [3.8, 4) is 5.75 Å². The summed E-state index contributed by atoms with van der Waals surface area (Å²) in [5, 5.41) is 2.84. The van der Waals surface area contributed by atoms with E-state index < -0.39 is 0 Å². The zero-order valence-corrected chi connectivity index (χ0v) is 15.6. The minimum Gasteiger partial charge on any atom is -0.491 e. The molecular formula is C21H22N4O2. The maximum Gasteiger partial charge on any atom is 0.274 e. The summed E-state index contributed by atoms with van der Waals surface area (Å²) in [7, 11) is 1.86. The quantitative estimate of drug-likeness (QED) is 0.709. The van der Waals surface area contributed by atoms with Gasteiger partial charge in [0.05, 0.1) is 6.10 Å². The monoisotopic (exact) mass is 362 g/mol. The van der Waals surface area contributed by atoms with Crippen LogP contribution in [0, 0.1) is 0 Å². The first-order valence-electron chi connectivity index (χ1n) is 8.73. The minimum atomic E-state index is -0.294. The zero-order valence-electron chi connectivity index (χ0n) is 15.6. The predicted octanol–water partition coefficient (Wildman–Crippen LogP) is 4.28. The first kappa shape index (κ1) is 18.4. The molecule has 0 radical (unpaired) electrons. The molecule has 3 rings (SSSR count). The van der Waals surface area contributed by atoms with Crippen molar-refractivity contribution in [1.29, 1.82) is 0 Å². The fourth-order valence-electron chi connectivity index (χ4n) is 2.49. The van der Waals surface area contributed by atoms with E-state index in [1.165, 1.54) is 0 Å². The zero-order chi connectivity index (χ0) is 19.2. The summed E-state index contributed by atoms with van der Waals surface area (Å²) in [6.45, 7) is 3.93. The number of aromatic nitrogens is 2. The largest absolute Gasteiger partial charge is 0.491 e. The van der Waals surface area contributed by atoms with Gasteiger partial charge in [-0.3, -0.25) is 4.79 Å². The topological polar surface area (TPSA) is 67.3 Å². The summed E-state index contributed by atoms with van der Waals surface area (Å²) in [4.78, 5) is 23.0. The van der Waals surface area contributed by atoms with E-state index in [0.29, 0.717) is 17.3 Å². The summed E-state index contributed by atoms with van der Waals surface area (Å²) < 4.78 is 5.60. The third kappa shape index (κ3) is 4.82. The van der Waals surface area contributed by atoms with Gasteiger partial charge in [0, 0.05) is 24.6 Å². The average Bonchev–Trinajstić information content (AvgIpc) is 2.69. The average molecular weight is 362 g/mol. The third-order valence-corrected chi connectivity index (χ3v) is 3.80. The number of ether oxygens (including phenoxy) is 1. The van der Waals surface area contributed by atoms with Crippen molar-refractivity contribution < 1.29 is 9.53 Å². The molecule has 6 nitrogen and oxygen atoms in total. The van der Waals surface area contributed by atoms with Gasteiger partial charge in [0.1, 0.15) is 11.4 Å². The number of carbonyl (C=O) groups excluding carboxylic acids is 1. The van der Waals surface area contributed by atoms with E-state index in [9.17, 15) is 4.79 Å². The van der Waals surface area contributed by atoms with Gasteiger partial charge in [-0.15, -0.1) is 0 Å². The summed E-state index contributed by atoms with van der Waals surface area (Å²) in [6, 6.07) is 18.6. The highest BCUT2D eigenvalue weighted by Crippen LogP contribution is 2.20. The lowest BCUT2D eigenvalue weighted by atomic mass is 10.3. The molecule has 6 heteroatoms. The number of hydrogen-bond acceptors (Lipinski definition) is 5. The number of nitrogens with one attached hydrogen (secondary N) is 1. The van der Waals surface area contributed by atoms with Crippen molar-refractivity contribution in [2.75, 3.05) is 17.3 Å². The van der Waals surface area contributed by atoms with E-state index in [-0.39, 0.29) is 12.0 Å². The summed E-state index contributed by atoms with van der Waals surface area (Å²) in [5.74, 6) is 0.920. The van der Waals surface area contributed by atoms with Gasteiger partial charge in [0.15, 0.2) is 0 Å². The van der Waals surface area contributed by atoms with Gasteiger partial charge in [-0.25, -0.2) is 9.97 Å². The molecule has 138 valence electrons. The van der Waals surface area contributed by atoms with Crippen LogP contribution in [0.1, 0.15) is 24.3 Å². The van der Waals surface area contributed by atoms with Crippen molar-refractivity contribution in [3.05, 3.63) is 72.6 Å². The molecule has 2 aromatic carbocycles. The summed E-state index contributed by atoms with van der Waals surface area (Å²) >= 11 is 0. The number of anilines is 3. The molecule has 1 amide bonds. The molecule has 0 aliphatic carbocycles. The van der Waals surface area contributed by atoms with E-state index in [2.05, 4.69) is 15.3 Å². The third-order valence-electron chi connectivity index (χ3n) is 3.80. The van der Waals surface area contributed by atoms with Crippen LogP contribution >= 0.6 is 0 Å². The second kappa shape index (κ2) is 8.31. The van der Waals surface area contributed by atoms with Crippen molar-refractivity contribution in [2.45, 2.75) is 20.0 Å². The number of rotatable bonds is 6. The molecule has 0 saturated heterocycles. The first-order valence-corrected chi connectivity index (χ1v) is 8.73. The number of benzene rings is 2. The van der Waals surface area contributed by atoms with Gasteiger partial charge in [0.25, 0.3) is 5.91 Å². The maximum atomic E-state index is 12.5. The molecule has 0 atom stereocenters. The number of para-hydroxylation sites is 1. The molecule has 3 aromatic rings. The first-order chi connectivity index (χ1) is 13.0. The Bertz CT molecular complexity index is 896. The van der Waals surface area contributed by atoms with Crippen LogP contribution in [0.3, 0.4) is 0 Å². The van der Waals surface area contributed by atoms with Crippen molar-refractivity contribution >= 4 is 23.2 Å². The van der Waals surface area contributed by atoms with Gasteiger partial charge in [-0.1, -0.05) is 18.2 Å². The normalized spacial score (nSPS) is 10.5. The highest BCUT2D eigenvalue weighted by molar-refractivity contribution is 6.03. The highest BCUT2D eigenvalue weighted by Gasteiger charge is 2.12. The second-order valence-corrected chi connectivity index (χ2v) is 6.28. The molecule has 0 spiro atoms. The molecule has 27 heavy (non-hydrogen) atoms. The Morgan fingerprint density at radius 3 is 2.41 bits per heavy atom. The van der Waals surface area contributed by atoms with Crippen LogP contribution in [0.25, 0.3) is 0 Å². The molecule has 1 N–H and O–H groups in total. The van der Waals surface area contributed by atoms with Crippen molar-refractivity contribution in [3.63, 3.8) is 0 Å². The van der Waals surface area contributed by atoms with E-state index >= 15 is 0 Å². The van der Waals surface area contributed by atoms with Crippen molar-refractivity contribution in [1.82, 2.24) is 9.97 Å². The van der Waals surface area contributed by atoms with Crippen LogP contribution in [0.15, 0.2) is 66.9 Å². The lowest BCUT2D eigenvalue weighted by molar-refractivity contribution is 0.102. The number of nitrogens with zero attached hydrogens (tertiary/aromatic N) is 3. The number of amides is 1. The Morgan fingerprint density at radius 2 is 1.74 bits per heavy atom. The summed E-state index contributed by atoms with van der Waals surface area (Å²) in [5.41, 5.74) is 1.91. The lowest BCUT2D eigenvalue weighted by Gasteiger charge is -2.17. The fraction of sp³-hybridized carbons (Fsp3) is 0.190. The molecule has 0 saturated carbocycles. The Kier molecular flexibility index (Phi) is 5.66. The van der Waals surface area contributed by atoms with Crippen LogP contribution < -0.4 is 15.0 Å². The van der Waals surface area contributed by atoms with Crippen LogP contribution in [0.2, 0.25) is 0 Å². The number of carbonyl (C=O) groups is 1. The van der Waals surface area contributed by atoms with Crippen LogP contribution in [0.4, 0.5) is 17.3 Å². The molecular weight excluding hydrogens is 340 g/mol. The SMILES string of the molecule is CC(C)Oc1ccc(NC(=O)c2ccnc(N(C)c3ccccc3)n2)cc1. The van der Waals surface area contributed by atoms with Gasteiger partial charge >= 0.3 is 0 Å². The maximum absolute atomic E-state index is 12.5. The van der Waals surface area contributed by atoms with Crippen LogP contribution in [0.5, 0.6) is 5.75 Å².